The molecule has 2 heterocycles. The van der Waals surface area contributed by atoms with E-state index in [0.29, 0.717) is 42.9 Å². The van der Waals surface area contributed by atoms with Crippen LogP contribution in [0.3, 0.4) is 0 Å². The van der Waals surface area contributed by atoms with Crippen molar-refractivity contribution in [3.63, 3.8) is 0 Å². The van der Waals surface area contributed by atoms with E-state index in [2.05, 4.69) is 6.92 Å². The fraction of sp³-hybridized carbons (Fsp3) is 0.667. The van der Waals surface area contributed by atoms with Gasteiger partial charge in [0.25, 0.3) is 5.92 Å². The molecular weight excluding hydrogens is 512 g/mol. The number of halogens is 3. The van der Waals surface area contributed by atoms with E-state index in [1.54, 1.807) is 12.1 Å². The Balaban J connectivity index is 1.38. The van der Waals surface area contributed by atoms with Crippen LogP contribution in [0, 0.1) is 22.7 Å². The van der Waals surface area contributed by atoms with Crippen molar-refractivity contribution in [3.8, 4) is 0 Å². The number of alkyl halides is 2. The standard InChI is InChI=1S/C30H36ClF2NO4/c1-16-17(2)38-15-29(18-6-7-19(21(31)10-18)23-24(26(3,4)5)30(23,32)33)11-22(35)34(12-20(16)29)28-9-8-27(13-28,14-28)25(36)37/h6-7,10,12,16-17,23-24H,8-9,11,13-15H2,1-5H3,(H,36,37)/t16-,17-,23?,24?,27?,28?,29?/m1/s1. The molecule has 206 valence electrons. The molecule has 5 fully saturated rings. The number of carbonyl (C=O) groups is 2. The van der Waals surface area contributed by atoms with Gasteiger partial charge in [-0.05, 0) is 60.8 Å². The smallest absolute Gasteiger partial charge is 0.309 e. The predicted octanol–water partition coefficient (Wildman–Crippen LogP) is 6.54. The lowest BCUT2D eigenvalue weighted by Crippen LogP contribution is -2.61. The number of rotatable bonds is 4. The Kier molecular flexibility index (Phi) is 5.39. The fourth-order valence-electron chi connectivity index (χ4n) is 8.34. The minimum Gasteiger partial charge on any atom is -0.481 e. The van der Waals surface area contributed by atoms with Crippen molar-refractivity contribution < 1.29 is 28.2 Å². The number of fused-ring (bicyclic) bond motifs is 2. The van der Waals surface area contributed by atoms with Crippen LogP contribution in [0.25, 0.3) is 0 Å². The SMILES string of the molecule is C[C@H]1OCC2(c3ccc(C4C(C(C)(C)C)C4(F)F)c(Cl)c3)CC(=O)N(C34CCC(C(=O)O)(C3)C4)C=C2[C@@H]1C. The maximum Gasteiger partial charge on any atom is 0.309 e. The van der Waals surface area contributed by atoms with Crippen LogP contribution in [0.2, 0.25) is 5.02 Å². The van der Waals surface area contributed by atoms with Crippen LogP contribution in [0.1, 0.15) is 83.8 Å². The van der Waals surface area contributed by atoms with Crippen molar-refractivity contribution in [2.24, 2.45) is 22.7 Å². The largest absolute Gasteiger partial charge is 0.481 e. The average Bonchev–Trinajstić information content (AvgIpc) is 3.09. The summed E-state index contributed by atoms with van der Waals surface area (Å²) in [5.41, 5.74) is -0.103. The van der Waals surface area contributed by atoms with Gasteiger partial charge in [0.1, 0.15) is 0 Å². The molecule has 2 aliphatic heterocycles. The Morgan fingerprint density at radius 3 is 2.42 bits per heavy atom. The Hall–Kier alpha value is -1.99. The monoisotopic (exact) mass is 547 g/mol. The predicted molar refractivity (Wildman–Crippen MR) is 139 cm³/mol. The zero-order valence-corrected chi connectivity index (χ0v) is 23.4. The first-order valence-electron chi connectivity index (χ1n) is 13.7. The highest BCUT2D eigenvalue weighted by molar-refractivity contribution is 6.31. The van der Waals surface area contributed by atoms with Crippen molar-refractivity contribution in [3.05, 3.63) is 46.1 Å². The molecule has 38 heavy (non-hydrogen) atoms. The summed E-state index contributed by atoms with van der Waals surface area (Å²) in [6, 6.07) is 5.34. The summed E-state index contributed by atoms with van der Waals surface area (Å²) >= 11 is 6.72. The Morgan fingerprint density at radius 1 is 1.18 bits per heavy atom. The van der Waals surface area contributed by atoms with E-state index in [0.717, 1.165) is 11.1 Å². The number of hydrogen-bond donors (Lipinski definition) is 1. The maximum absolute atomic E-state index is 14.8. The molecule has 3 unspecified atom stereocenters. The second kappa shape index (κ2) is 7.81. The lowest BCUT2D eigenvalue weighted by atomic mass is 9.61. The summed E-state index contributed by atoms with van der Waals surface area (Å²) < 4.78 is 35.8. The summed E-state index contributed by atoms with van der Waals surface area (Å²) in [5.74, 6) is -5.31. The minimum atomic E-state index is -2.81. The first-order valence-corrected chi connectivity index (χ1v) is 14.0. The van der Waals surface area contributed by atoms with E-state index < -0.39 is 45.5 Å². The molecule has 4 saturated carbocycles. The molecule has 5 atom stereocenters. The van der Waals surface area contributed by atoms with Gasteiger partial charge in [0, 0.05) is 35.0 Å². The molecule has 6 aliphatic rings. The summed E-state index contributed by atoms with van der Waals surface area (Å²) in [6.07, 6.45) is 4.35. The fourth-order valence-corrected chi connectivity index (χ4v) is 8.64. The number of benzene rings is 1. The molecule has 0 spiro atoms. The third-order valence-electron chi connectivity index (χ3n) is 10.6. The molecule has 0 aromatic heterocycles. The molecular formula is C30H36ClF2NO4. The molecule has 1 amide bonds. The van der Waals surface area contributed by atoms with Crippen LogP contribution in [-0.2, 0) is 19.7 Å². The average molecular weight is 548 g/mol. The molecule has 1 N–H and O–H groups in total. The number of ether oxygens (including phenoxy) is 1. The molecule has 7 rings (SSSR count). The Bertz CT molecular complexity index is 1260. The number of amides is 1. The van der Waals surface area contributed by atoms with Crippen molar-refractivity contribution in [1.29, 1.82) is 0 Å². The lowest BCUT2D eigenvalue weighted by Gasteiger charge is -2.55. The molecule has 0 radical (unpaired) electrons. The van der Waals surface area contributed by atoms with Gasteiger partial charge in [-0.15, -0.1) is 0 Å². The van der Waals surface area contributed by atoms with Gasteiger partial charge < -0.3 is 14.7 Å². The Labute approximate surface area is 227 Å². The zero-order valence-electron chi connectivity index (χ0n) is 22.6. The van der Waals surface area contributed by atoms with Gasteiger partial charge in [-0.3, -0.25) is 9.59 Å². The van der Waals surface area contributed by atoms with Crippen molar-refractivity contribution in [2.45, 2.75) is 95.6 Å². The van der Waals surface area contributed by atoms with Crippen molar-refractivity contribution >= 4 is 23.5 Å². The van der Waals surface area contributed by atoms with Crippen LogP contribution in [0.5, 0.6) is 0 Å². The number of carboxylic acids is 1. The van der Waals surface area contributed by atoms with Crippen molar-refractivity contribution in [2.75, 3.05) is 6.61 Å². The van der Waals surface area contributed by atoms with Gasteiger partial charge in [-0.2, -0.15) is 0 Å². The maximum atomic E-state index is 14.8. The van der Waals surface area contributed by atoms with Crippen LogP contribution < -0.4 is 0 Å². The Morgan fingerprint density at radius 2 is 1.87 bits per heavy atom. The molecule has 8 heteroatoms. The highest BCUT2D eigenvalue weighted by Gasteiger charge is 2.73. The van der Waals surface area contributed by atoms with Crippen molar-refractivity contribution in [1.82, 2.24) is 4.90 Å². The normalized spacial score (nSPS) is 41.3. The second-order valence-electron chi connectivity index (χ2n) is 13.8. The summed E-state index contributed by atoms with van der Waals surface area (Å²) in [7, 11) is 0. The lowest BCUT2D eigenvalue weighted by molar-refractivity contribution is -0.162. The number of carboxylic acid groups (broad SMARTS) is 1. The summed E-state index contributed by atoms with van der Waals surface area (Å²) in [6.45, 7) is 9.89. The van der Waals surface area contributed by atoms with Gasteiger partial charge in [-0.25, -0.2) is 8.78 Å². The third kappa shape index (κ3) is 3.36. The van der Waals surface area contributed by atoms with E-state index in [1.165, 1.54) is 0 Å². The summed E-state index contributed by atoms with van der Waals surface area (Å²) in [5, 5.41) is 10.0. The second-order valence-corrected chi connectivity index (χ2v) is 14.2. The van der Waals surface area contributed by atoms with Crippen LogP contribution >= 0.6 is 11.6 Å². The number of carbonyl (C=O) groups excluding carboxylic acids is 1. The van der Waals surface area contributed by atoms with Crippen LogP contribution in [0.4, 0.5) is 8.78 Å². The van der Waals surface area contributed by atoms with Crippen LogP contribution in [0.15, 0.2) is 30.0 Å². The van der Waals surface area contributed by atoms with Gasteiger partial charge in [0.05, 0.1) is 29.5 Å². The van der Waals surface area contributed by atoms with E-state index in [1.807, 2.05) is 44.9 Å². The van der Waals surface area contributed by atoms with Gasteiger partial charge in [0.2, 0.25) is 5.91 Å². The van der Waals surface area contributed by atoms with E-state index in [9.17, 15) is 23.5 Å². The summed E-state index contributed by atoms with van der Waals surface area (Å²) in [4.78, 5) is 27.5. The quantitative estimate of drug-likeness (QED) is 0.465. The molecule has 1 saturated heterocycles. The number of aliphatic carboxylic acids is 1. The number of hydrogen-bond acceptors (Lipinski definition) is 3. The molecule has 2 bridgehead atoms. The molecule has 1 aromatic carbocycles. The topological polar surface area (TPSA) is 66.8 Å². The zero-order chi connectivity index (χ0) is 27.6. The third-order valence-corrected chi connectivity index (χ3v) is 10.9. The molecule has 4 aliphatic carbocycles. The number of nitrogens with zero attached hydrogens (tertiary/aromatic N) is 1. The van der Waals surface area contributed by atoms with Gasteiger partial charge in [-0.1, -0.05) is 51.4 Å². The van der Waals surface area contributed by atoms with E-state index in [4.69, 9.17) is 16.3 Å². The highest BCUT2D eigenvalue weighted by atomic mass is 35.5. The highest BCUT2D eigenvalue weighted by Crippen LogP contribution is 2.69. The first-order chi connectivity index (χ1) is 17.6. The van der Waals surface area contributed by atoms with Gasteiger partial charge >= 0.3 is 5.97 Å². The molecule has 1 aromatic rings. The van der Waals surface area contributed by atoms with E-state index >= 15 is 0 Å². The first kappa shape index (κ1) is 26.2. The van der Waals surface area contributed by atoms with Crippen LogP contribution in [-0.4, -0.2) is 46.1 Å². The van der Waals surface area contributed by atoms with E-state index in [-0.39, 0.29) is 24.3 Å². The van der Waals surface area contributed by atoms with Gasteiger partial charge in [0.15, 0.2) is 0 Å². The molecule has 5 nitrogen and oxygen atoms in total. The minimum absolute atomic E-state index is 0.0120.